The smallest absolute Gasteiger partial charge is 0.783 e. The number of carbonyl (C=O) groups excluding carboxylic acids is 1. The van der Waals surface area contributed by atoms with Crippen molar-refractivity contribution in [2.75, 3.05) is 0 Å². The molecule has 4 nitrogen and oxygen atoms in total. The van der Waals surface area contributed by atoms with Crippen LogP contribution in [0.4, 0.5) is 0 Å². The predicted molar refractivity (Wildman–Crippen MR) is 28.4 cm³/mol. The molecule has 0 aliphatic carbocycles. The molecule has 0 rings (SSSR count). The zero-order chi connectivity index (χ0) is 7.44. The Morgan fingerprint density at radius 1 is 1.60 bits per heavy atom. The summed E-state index contributed by atoms with van der Waals surface area (Å²) in [4.78, 5) is 19.5. The molecule has 0 fully saturated rings. The van der Waals surface area contributed by atoms with E-state index < -0.39 is 23.6 Å². The Balaban J connectivity index is 0. The zero-order valence-electron chi connectivity index (χ0n) is 4.67. The Morgan fingerprint density at radius 2 is 2.00 bits per heavy atom. The summed E-state index contributed by atoms with van der Waals surface area (Å²) in [5, 5.41) is 16.4. The average Bonchev–Trinajstić information content (AvgIpc) is 1.63. The number of hydrogen-bond donors (Lipinski definition) is 1. The second-order valence-electron chi connectivity index (χ2n) is 1.41. The van der Waals surface area contributed by atoms with Gasteiger partial charge in [0.05, 0.1) is 0 Å². The summed E-state index contributed by atoms with van der Waals surface area (Å²) < 4.78 is 0. The van der Waals surface area contributed by atoms with Gasteiger partial charge in [-0.05, 0) is 0 Å². The van der Waals surface area contributed by atoms with Crippen molar-refractivity contribution < 1.29 is 42.2 Å². The Bertz CT molecular complexity index is 137. The SMILES string of the molecule is O=C(O)CC([S-])C(=O)[O-].[Au+]. The monoisotopic (exact) mass is 345 g/mol. The molecule has 0 aliphatic rings. The van der Waals surface area contributed by atoms with Crippen LogP contribution in [0.1, 0.15) is 6.42 Å². The van der Waals surface area contributed by atoms with E-state index in [1.807, 2.05) is 0 Å². The van der Waals surface area contributed by atoms with Crippen molar-refractivity contribution in [2.24, 2.45) is 0 Å². The first-order valence-corrected chi connectivity index (χ1v) is 2.59. The third-order valence-corrected chi connectivity index (χ3v) is 0.982. The van der Waals surface area contributed by atoms with Gasteiger partial charge in [0.2, 0.25) is 0 Å². The van der Waals surface area contributed by atoms with Gasteiger partial charge in [-0.25, -0.2) is 0 Å². The van der Waals surface area contributed by atoms with Gasteiger partial charge in [0.25, 0.3) is 0 Å². The standard InChI is InChI=1S/C4H6O4S.Au/c5-3(6)1-2(9)4(7)8;/h2,9H,1H2,(H,5,6)(H,7,8);/q;+1/p-2. The number of carbonyl (C=O) groups is 2. The van der Waals surface area contributed by atoms with Gasteiger partial charge in [0, 0.05) is 12.4 Å². The molecule has 0 aromatic carbocycles. The van der Waals surface area contributed by atoms with Crippen LogP contribution in [0.15, 0.2) is 0 Å². The third kappa shape index (κ3) is 6.15. The molecule has 1 unspecified atom stereocenters. The first-order valence-electron chi connectivity index (χ1n) is 2.12. The molecule has 0 aromatic rings. The average molecular weight is 345 g/mol. The molecule has 0 spiro atoms. The molecule has 0 saturated carbocycles. The van der Waals surface area contributed by atoms with E-state index in [9.17, 15) is 14.7 Å². The number of carboxylic acids is 2. The summed E-state index contributed by atoms with van der Waals surface area (Å²) in [5.74, 6) is -2.73. The second-order valence-corrected chi connectivity index (χ2v) is 1.97. The van der Waals surface area contributed by atoms with Crippen LogP contribution in [0.25, 0.3) is 0 Å². The van der Waals surface area contributed by atoms with E-state index in [1.54, 1.807) is 0 Å². The minimum Gasteiger partial charge on any atom is -0.783 e. The number of aliphatic carboxylic acids is 2. The second kappa shape index (κ2) is 5.79. The van der Waals surface area contributed by atoms with E-state index in [1.165, 1.54) is 0 Å². The van der Waals surface area contributed by atoms with Crippen LogP contribution in [0, 0.1) is 0 Å². The molecule has 0 radical (unpaired) electrons. The van der Waals surface area contributed by atoms with Crippen molar-refractivity contribution in [1.29, 1.82) is 0 Å². The van der Waals surface area contributed by atoms with E-state index in [-0.39, 0.29) is 22.4 Å². The topological polar surface area (TPSA) is 77.4 Å². The fourth-order valence-electron chi connectivity index (χ4n) is 0.242. The molecular weight excluding hydrogens is 341 g/mol. The van der Waals surface area contributed by atoms with Crippen molar-refractivity contribution in [3.63, 3.8) is 0 Å². The minimum absolute atomic E-state index is 0. The fourth-order valence-corrected chi connectivity index (χ4v) is 0.385. The van der Waals surface area contributed by atoms with Crippen LogP contribution >= 0.6 is 0 Å². The van der Waals surface area contributed by atoms with Crippen LogP contribution < -0.4 is 5.11 Å². The normalized spacial score (nSPS) is 11.3. The third-order valence-electron chi connectivity index (χ3n) is 0.623. The van der Waals surface area contributed by atoms with Crippen molar-refractivity contribution in [2.45, 2.75) is 11.7 Å². The number of carboxylic acid groups (broad SMARTS) is 2. The fraction of sp³-hybridized carbons (Fsp3) is 0.500. The summed E-state index contributed by atoms with van der Waals surface area (Å²) in [6, 6.07) is 0. The summed E-state index contributed by atoms with van der Waals surface area (Å²) in [7, 11) is 0. The molecule has 0 amide bonds. The number of hydrogen-bond acceptors (Lipinski definition) is 4. The molecule has 0 heterocycles. The van der Waals surface area contributed by atoms with Gasteiger partial charge in [-0.1, -0.05) is 0 Å². The van der Waals surface area contributed by atoms with Gasteiger partial charge in [-0.15, -0.1) is 5.25 Å². The molecule has 10 heavy (non-hydrogen) atoms. The summed E-state index contributed by atoms with van der Waals surface area (Å²) in [6.45, 7) is 0. The van der Waals surface area contributed by atoms with E-state index in [0.717, 1.165) is 0 Å². The predicted octanol–water partition coefficient (Wildman–Crippen LogP) is -1.88. The Morgan fingerprint density at radius 3 is 2.10 bits per heavy atom. The van der Waals surface area contributed by atoms with Gasteiger partial charge in [-0.3, -0.25) is 4.79 Å². The van der Waals surface area contributed by atoms with Gasteiger partial charge in [0.15, 0.2) is 0 Å². The van der Waals surface area contributed by atoms with Gasteiger partial charge in [-0.2, -0.15) is 0 Å². The van der Waals surface area contributed by atoms with E-state index in [2.05, 4.69) is 12.6 Å². The van der Waals surface area contributed by atoms with Crippen molar-refractivity contribution in [3.8, 4) is 0 Å². The largest absolute Gasteiger partial charge is 1.00 e. The van der Waals surface area contributed by atoms with Crippen LogP contribution in [-0.2, 0) is 44.6 Å². The van der Waals surface area contributed by atoms with Crippen LogP contribution in [0.3, 0.4) is 0 Å². The summed E-state index contributed by atoms with van der Waals surface area (Å²) in [6.07, 6.45) is -0.558. The molecule has 1 atom stereocenters. The maximum Gasteiger partial charge on any atom is 1.00 e. The quantitative estimate of drug-likeness (QED) is 0.479. The molecule has 6 heteroatoms. The molecule has 62 valence electrons. The Labute approximate surface area is 78.5 Å². The van der Waals surface area contributed by atoms with E-state index >= 15 is 0 Å². The first kappa shape index (κ1) is 12.7. The Hall–Kier alpha value is 0.0303. The van der Waals surface area contributed by atoms with Crippen molar-refractivity contribution in [1.82, 2.24) is 0 Å². The van der Waals surface area contributed by atoms with Crippen LogP contribution in [-0.4, -0.2) is 22.3 Å². The first-order chi connectivity index (χ1) is 4.04. The summed E-state index contributed by atoms with van der Waals surface area (Å²) >= 11 is 4.19. The molecule has 1 N–H and O–H groups in total. The minimum atomic E-state index is -1.51. The molecular formula is C4H4AuO4S-. The Kier molecular flexibility index (Phi) is 7.34. The summed E-state index contributed by atoms with van der Waals surface area (Å²) in [5.41, 5.74) is 0. The van der Waals surface area contributed by atoms with Crippen LogP contribution in [0.5, 0.6) is 0 Å². The van der Waals surface area contributed by atoms with Crippen molar-refractivity contribution in [3.05, 3.63) is 0 Å². The van der Waals surface area contributed by atoms with Gasteiger partial charge >= 0.3 is 28.3 Å². The van der Waals surface area contributed by atoms with Crippen molar-refractivity contribution >= 4 is 24.6 Å². The molecule has 0 saturated heterocycles. The maximum absolute atomic E-state index is 9.76. The van der Waals surface area contributed by atoms with E-state index in [0.29, 0.717) is 0 Å². The van der Waals surface area contributed by atoms with Gasteiger partial charge in [0.1, 0.15) is 0 Å². The zero-order valence-corrected chi connectivity index (χ0v) is 7.65. The van der Waals surface area contributed by atoms with Gasteiger partial charge < -0.3 is 27.6 Å². The molecule has 0 bridgehead atoms. The maximum atomic E-state index is 9.76. The number of rotatable bonds is 3. The molecule has 0 aromatic heterocycles. The van der Waals surface area contributed by atoms with E-state index in [4.69, 9.17) is 5.11 Å². The van der Waals surface area contributed by atoms with Crippen LogP contribution in [0.2, 0.25) is 0 Å². The molecule has 0 aliphatic heterocycles.